The Morgan fingerprint density at radius 2 is 1.73 bits per heavy atom. The highest BCUT2D eigenvalue weighted by Crippen LogP contribution is 2.41. The van der Waals surface area contributed by atoms with E-state index in [2.05, 4.69) is 10.3 Å². The zero-order chi connectivity index (χ0) is 24.0. The first kappa shape index (κ1) is 22.8. The van der Waals surface area contributed by atoms with Gasteiger partial charge < -0.3 is 14.8 Å². The van der Waals surface area contributed by atoms with Crippen LogP contribution in [-0.4, -0.2) is 32.8 Å². The van der Waals surface area contributed by atoms with Gasteiger partial charge in [0.15, 0.2) is 0 Å². The number of hydrogen-bond acceptors (Lipinski definition) is 6. The summed E-state index contributed by atoms with van der Waals surface area (Å²) in [6, 6.07) is 9.30. The number of benzene rings is 1. The fourth-order valence-electron chi connectivity index (χ4n) is 3.58. The number of aromatic nitrogens is 2. The second kappa shape index (κ2) is 8.21. The number of rotatable bonds is 4. The van der Waals surface area contributed by atoms with Gasteiger partial charge in [-0.2, -0.15) is 0 Å². The maximum absolute atomic E-state index is 13.0. The molecule has 1 fully saturated rings. The minimum Gasteiger partial charge on any atom is -0.456 e. The first-order valence-corrected chi connectivity index (χ1v) is 11.2. The molecule has 1 N–H and O–H groups in total. The lowest BCUT2D eigenvalue weighted by atomic mass is 10.1. The third-order valence-corrected chi connectivity index (χ3v) is 5.15. The van der Waals surface area contributed by atoms with Crippen LogP contribution in [0, 0.1) is 0 Å². The van der Waals surface area contributed by atoms with Gasteiger partial charge in [-0.05, 0) is 90.1 Å². The molecule has 7 nitrogen and oxygen atoms in total. The maximum Gasteiger partial charge on any atom is 0.418 e. The highest BCUT2D eigenvalue weighted by Gasteiger charge is 2.28. The highest BCUT2D eigenvalue weighted by atomic mass is 16.6. The van der Waals surface area contributed by atoms with E-state index in [4.69, 9.17) is 9.47 Å². The molecule has 33 heavy (non-hydrogen) atoms. The Bertz CT molecular complexity index is 1210. The van der Waals surface area contributed by atoms with E-state index in [9.17, 15) is 9.59 Å². The summed E-state index contributed by atoms with van der Waals surface area (Å²) in [5, 5.41) is 4.10. The number of ether oxygens (including phenoxy) is 2. The molecule has 1 aliphatic rings. The Labute approximate surface area is 194 Å². The van der Waals surface area contributed by atoms with Crippen molar-refractivity contribution in [3.8, 4) is 0 Å². The number of fused-ring (bicyclic) bond motifs is 1. The first-order valence-electron chi connectivity index (χ1n) is 11.2. The van der Waals surface area contributed by atoms with Gasteiger partial charge in [-0.1, -0.05) is 6.07 Å². The number of carbonyl (C=O) groups excluding carboxylic acids is 2. The number of anilines is 2. The van der Waals surface area contributed by atoms with Crippen molar-refractivity contribution in [3.63, 3.8) is 0 Å². The smallest absolute Gasteiger partial charge is 0.418 e. The van der Waals surface area contributed by atoms with Crippen LogP contribution in [-0.2, 0) is 9.47 Å². The van der Waals surface area contributed by atoms with Crippen molar-refractivity contribution in [1.82, 2.24) is 9.55 Å². The third-order valence-electron chi connectivity index (χ3n) is 5.15. The Balaban J connectivity index is 1.69. The second-order valence-corrected chi connectivity index (χ2v) is 10.5. The van der Waals surface area contributed by atoms with Crippen LogP contribution >= 0.6 is 0 Å². The molecule has 0 aliphatic heterocycles. The molecule has 0 atom stereocenters. The van der Waals surface area contributed by atoms with Gasteiger partial charge in [0.05, 0.1) is 5.52 Å². The summed E-state index contributed by atoms with van der Waals surface area (Å²) < 4.78 is 12.6. The summed E-state index contributed by atoms with van der Waals surface area (Å²) in [5.74, 6) is 0.462. The van der Waals surface area contributed by atoms with E-state index in [1.165, 1.54) is 4.57 Å². The zero-order valence-corrected chi connectivity index (χ0v) is 20.1. The number of esters is 1. The van der Waals surface area contributed by atoms with E-state index in [0.29, 0.717) is 22.8 Å². The van der Waals surface area contributed by atoms with Gasteiger partial charge in [-0.3, -0.25) is 4.57 Å². The predicted molar refractivity (Wildman–Crippen MR) is 128 cm³/mol. The summed E-state index contributed by atoms with van der Waals surface area (Å²) in [4.78, 5) is 30.2. The zero-order valence-electron chi connectivity index (χ0n) is 20.1. The summed E-state index contributed by atoms with van der Waals surface area (Å²) in [7, 11) is 0. The third kappa shape index (κ3) is 5.35. The molecule has 4 rings (SSSR count). The monoisotopic (exact) mass is 449 g/mol. The second-order valence-electron chi connectivity index (χ2n) is 10.5. The molecule has 1 aromatic carbocycles. The van der Waals surface area contributed by atoms with Crippen molar-refractivity contribution in [2.24, 2.45) is 0 Å². The van der Waals surface area contributed by atoms with Gasteiger partial charge in [-0.15, -0.1) is 0 Å². The molecule has 1 saturated carbocycles. The molecule has 0 amide bonds. The molecule has 0 unspecified atom stereocenters. The number of nitrogens with zero attached hydrogens (tertiary/aromatic N) is 2. The average molecular weight is 450 g/mol. The van der Waals surface area contributed by atoms with Crippen molar-refractivity contribution >= 4 is 34.5 Å². The fraction of sp³-hybridized carbons (Fsp3) is 0.423. The number of nitrogens with one attached hydrogen (secondary N) is 1. The lowest BCUT2D eigenvalue weighted by Gasteiger charge is -2.21. The molecule has 2 heterocycles. The predicted octanol–water partition coefficient (Wildman–Crippen LogP) is 6.40. The molecule has 0 saturated heterocycles. The normalized spacial score (nSPS) is 14.2. The van der Waals surface area contributed by atoms with Crippen molar-refractivity contribution in [2.75, 3.05) is 5.32 Å². The molecule has 7 heteroatoms. The van der Waals surface area contributed by atoms with Gasteiger partial charge >= 0.3 is 12.1 Å². The van der Waals surface area contributed by atoms with Gasteiger partial charge in [0.1, 0.15) is 22.6 Å². The number of pyridine rings is 1. The number of carbonyl (C=O) groups is 2. The van der Waals surface area contributed by atoms with Gasteiger partial charge in [0, 0.05) is 23.5 Å². The molecular weight excluding hydrogens is 418 g/mol. The lowest BCUT2D eigenvalue weighted by molar-refractivity contribution is 0.00699. The molecule has 0 spiro atoms. The molecule has 3 aromatic rings. The van der Waals surface area contributed by atoms with Crippen LogP contribution in [0.4, 0.5) is 16.3 Å². The summed E-state index contributed by atoms with van der Waals surface area (Å²) >= 11 is 0. The number of hydrogen-bond donors (Lipinski definition) is 1. The van der Waals surface area contributed by atoms with Crippen molar-refractivity contribution in [1.29, 1.82) is 0 Å². The summed E-state index contributed by atoms with van der Waals surface area (Å²) in [6.07, 6.45) is 5.28. The Kier molecular flexibility index (Phi) is 5.68. The van der Waals surface area contributed by atoms with Crippen LogP contribution in [0.3, 0.4) is 0 Å². The topological polar surface area (TPSA) is 82.5 Å². The van der Waals surface area contributed by atoms with Crippen molar-refractivity contribution in [2.45, 2.75) is 71.5 Å². The Hall–Kier alpha value is -3.35. The van der Waals surface area contributed by atoms with E-state index in [1.54, 1.807) is 6.20 Å². The highest BCUT2D eigenvalue weighted by molar-refractivity contribution is 6.01. The van der Waals surface area contributed by atoms with E-state index < -0.39 is 23.3 Å². The Morgan fingerprint density at radius 3 is 2.36 bits per heavy atom. The van der Waals surface area contributed by atoms with Crippen LogP contribution in [0.2, 0.25) is 0 Å². The van der Waals surface area contributed by atoms with E-state index >= 15 is 0 Å². The van der Waals surface area contributed by atoms with E-state index in [1.807, 2.05) is 78.1 Å². The van der Waals surface area contributed by atoms with Crippen LogP contribution < -0.4 is 5.32 Å². The van der Waals surface area contributed by atoms with Crippen LogP contribution in [0.25, 0.3) is 10.9 Å². The average Bonchev–Trinajstić information content (AvgIpc) is 3.44. The molecular formula is C26H31N3O4. The summed E-state index contributed by atoms with van der Waals surface area (Å²) in [6.45, 7) is 11.0. The summed E-state index contributed by atoms with van der Waals surface area (Å²) in [5.41, 5.74) is 1.66. The van der Waals surface area contributed by atoms with Gasteiger partial charge in [-0.25, -0.2) is 14.6 Å². The van der Waals surface area contributed by atoms with Crippen LogP contribution in [0.15, 0.2) is 42.7 Å². The minimum absolute atomic E-state index is 0.401. The van der Waals surface area contributed by atoms with Crippen LogP contribution in [0.1, 0.15) is 76.2 Å². The lowest BCUT2D eigenvalue weighted by Crippen LogP contribution is -2.26. The minimum atomic E-state index is -0.616. The standard InChI is InChI=1S/C26H31N3O4/c1-25(2,3)32-23(30)19-14-17(16-10-11-16)15-27-22(19)28-20-8-7-9-21-18(20)12-13-29(21)24(31)33-26(4,5)6/h7-9,12-16H,10-11H2,1-6H3,(H,27,28). The SMILES string of the molecule is CC(C)(C)OC(=O)c1cc(C2CC2)cnc1Nc1cccc2c1ccn2C(=O)OC(C)(C)C. The van der Waals surface area contributed by atoms with Crippen molar-refractivity contribution < 1.29 is 19.1 Å². The molecule has 1 aliphatic carbocycles. The van der Waals surface area contributed by atoms with Gasteiger partial charge in [0.2, 0.25) is 0 Å². The van der Waals surface area contributed by atoms with E-state index in [-0.39, 0.29) is 0 Å². The molecule has 0 radical (unpaired) electrons. The Morgan fingerprint density at radius 1 is 1.03 bits per heavy atom. The molecule has 2 aromatic heterocycles. The van der Waals surface area contributed by atoms with Crippen molar-refractivity contribution in [3.05, 3.63) is 53.9 Å². The maximum atomic E-state index is 13.0. The molecule has 0 bridgehead atoms. The van der Waals surface area contributed by atoms with E-state index in [0.717, 1.165) is 29.5 Å². The first-order chi connectivity index (χ1) is 15.4. The van der Waals surface area contributed by atoms with Gasteiger partial charge in [0.25, 0.3) is 0 Å². The molecule has 174 valence electrons. The quantitative estimate of drug-likeness (QED) is 0.464. The van der Waals surface area contributed by atoms with Crippen LogP contribution in [0.5, 0.6) is 0 Å². The largest absolute Gasteiger partial charge is 0.456 e. The fourth-order valence-corrected chi connectivity index (χ4v) is 3.58.